The van der Waals surface area contributed by atoms with Crippen molar-refractivity contribution < 1.29 is 13.2 Å². The van der Waals surface area contributed by atoms with Crippen LogP contribution in [0.3, 0.4) is 0 Å². The van der Waals surface area contributed by atoms with E-state index in [1.807, 2.05) is 13.8 Å². The molecule has 1 fully saturated rings. The number of sulfonamides is 1. The fraction of sp³-hybridized carbons (Fsp3) is 0.929. The Labute approximate surface area is 117 Å². The van der Waals surface area contributed by atoms with Crippen molar-refractivity contribution in [2.75, 3.05) is 19.3 Å². The molecule has 0 amide bonds. The van der Waals surface area contributed by atoms with Gasteiger partial charge >= 0.3 is 0 Å². The molecule has 1 saturated heterocycles. The molecule has 0 N–H and O–H groups in total. The van der Waals surface area contributed by atoms with E-state index < -0.39 is 10.0 Å². The van der Waals surface area contributed by atoms with E-state index in [0.29, 0.717) is 37.1 Å². The van der Waals surface area contributed by atoms with Gasteiger partial charge in [0.05, 0.1) is 6.26 Å². The lowest BCUT2D eigenvalue weighted by atomic mass is 9.74. The number of ketones is 1. The summed E-state index contributed by atoms with van der Waals surface area (Å²) in [4.78, 5) is 12.3. The Kier molecular flexibility index (Phi) is 5.18. The highest BCUT2D eigenvalue weighted by molar-refractivity contribution is 7.88. The molecule has 0 aromatic carbocycles. The maximum atomic E-state index is 12.3. The van der Waals surface area contributed by atoms with Crippen LogP contribution >= 0.6 is 0 Å². The summed E-state index contributed by atoms with van der Waals surface area (Å²) < 4.78 is 24.4. The largest absolute Gasteiger partial charge is 0.299 e. The van der Waals surface area contributed by atoms with E-state index in [9.17, 15) is 13.2 Å². The quantitative estimate of drug-likeness (QED) is 0.780. The Morgan fingerprint density at radius 3 is 2.11 bits per heavy atom. The molecule has 4 nitrogen and oxygen atoms in total. The number of carbonyl (C=O) groups excluding carboxylic acids is 1. The number of nitrogens with zero attached hydrogens (tertiary/aromatic N) is 1. The third-order valence-corrected chi connectivity index (χ3v) is 5.98. The van der Waals surface area contributed by atoms with Crippen LogP contribution in [-0.2, 0) is 14.8 Å². The molecule has 19 heavy (non-hydrogen) atoms. The fourth-order valence-corrected chi connectivity index (χ4v) is 3.17. The SMILES string of the molecule is CC(C)C(C)(C)C(=O)CC1CCN(S(C)(=O)=O)CC1. The van der Waals surface area contributed by atoms with Gasteiger partial charge in [0.2, 0.25) is 10.0 Å². The topological polar surface area (TPSA) is 54.5 Å². The maximum Gasteiger partial charge on any atom is 0.211 e. The van der Waals surface area contributed by atoms with Gasteiger partial charge in [0.15, 0.2) is 0 Å². The van der Waals surface area contributed by atoms with Crippen LogP contribution in [0.2, 0.25) is 0 Å². The van der Waals surface area contributed by atoms with Gasteiger partial charge in [0, 0.05) is 24.9 Å². The normalized spacial score (nSPS) is 19.9. The second-order valence-electron chi connectivity index (χ2n) is 6.61. The molecule has 1 aliphatic heterocycles. The first-order chi connectivity index (χ1) is 8.55. The molecule has 0 unspecified atom stereocenters. The molecular weight excluding hydrogens is 262 g/mol. The summed E-state index contributed by atoms with van der Waals surface area (Å²) in [6.45, 7) is 9.27. The maximum absolute atomic E-state index is 12.3. The van der Waals surface area contributed by atoms with Crippen molar-refractivity contribution in [2.45, 2.75) is 47.0 Å². The minimum absolute atomic E-state index is 0.284. The van der Waals surface area contributed by atoms with Crippen molar-refractivity contribution in [1.29, 1.82) is 0 Å². The van der Waals surface area contributed by atoms with Crippen molar-refractivity contribution in [3.63, 3.8) is 0 Å². The number of Topliss-reactive ketones (excluding diaryl/α,β-unsaturated/α-hetero) is 1. The average molecular weight is 289 g/mol. The van der Waals surface area contributed by atoms with Crippen molar-refractivity contribution in [3.8, 4) is 0 Å². The second-order valence-corrected chi connectivity index (χ2v) is 8.59. The molecule has 0 aromatic heterocycles. The molecule has 1 heterocycles. The molecule has 1 aliphatic rings. The predicted octanol–water partition coefficient (Wildman–Crippen LogP) is 2.30. The Balaban J connectivity index is 2.52. The lowest BCUT2D eigenvalue weighted by Crippen LogP contribution is -2.39. The minimum Gasteiger partial charge on any atom is -0.299 e. The molecule has 0 aliphatic carbocycles. The number of rotatable bonds is 5. The zero-order valence-electron chi connectivity index (χ0n) is 12.8. The lowest BCUT2D eigenvalue weighted by molar-refractivity contribution is -0.130. The van der Waals surface area contributed by atoms with E-state index in [1.54, 1.807) is 0 Å². The summed E-state index contributed by atoms with van der Waals surface area (Å²) in [5.41, 5.74) is -0.284. The number of hydrogen-bond acceptors (Lipinski definition) is 3. The molecular formula is C14H27NO3S. The van der Waals surface area contributed by atoms with Crippen molar-refractivity contribution >= 4 is 15.8 Å². The van der Waals surface area contributed by atoms with E-state index in [-0.39, 0.29) is 5.41 Å². The highest BCUT2D eigenvalue weighted by Crippen LogP contribution is 2.32. The van der Waals surface area contributed by atoms with Gasteiger partial charge in [-0.05, 0) is 24.7 Å². The smallest absolute Gasteiger partial charge is 0.211 e. The van der Waals surface area contributed by atoms with Crippen LogP contribution < -0.4 is 0 Å². The zero-order valence-corrected chi connectivity index (χ0v) is 13.6. The molecule has 0 saturated carbocycles. The number of carbonyl (C=O) groups is 1. The minimum atomic E-state index is -3.07. The standard InChI is InChI=1S/C14H27NO3S/c1-11(2)14(3,4)13(16)10-12-6-8-15(9-7-12)19(5,17)18/h11-12H,6-10H2,1-5H3. The third kappa shape index (κ3) is 4.28. The van der Waals surface area contributed by atoms with Gasteiger partial charge in [-0.2, -0.15) is 0 Å². The number of piperidine rings is 1. The summed E-state index contributed by atoms with van der Waals surface area (Å²) in [7, 11) is -3.07. The monoisotopic (exact) mass is 289 g/mol. The Morgan fingerprint density at radius 2 is 1.74 bits per heavy atom. The van der Waals surface area contributed by atoms with E-state index in [2.05, 4.69) is 13.8 Å². The zero-order chi connectivity index (χ0) is 14.8. The first-order valence-electron chi connectivity index (χ1n) is 7.03. The van der Waals surface area contributed by atoms with Gasteiger partial charge < -0.3 is 0 Å². The van der Waals surface area contributed by atoms with Crippen LogP contribution in [0.25, 0.3) is 0 Å². The first kappa shape index (κ1) is 16.6. The van der Waals surface area contributed by atoms with Crippen molar-refractivity contribution in [3.05, 3.63) is 0 Å². The molecule has 0 spiro atoms. The Hall–Kier alpha value is -0.420. The predicted molar refractivity (Wildman–Crippen MR) is 77.4 cm³/mol. The summed E-state index contributed by atoms with van der Waals surface area (Å²) in [6.07, 6.45) is 3.43. The summed E-state index contributed by atoms with van der Waals surface area (Å²) in [5.74, 6) is 0.972. The molecule has 5 heteroatoms. The van der Waals surface area contributed by atoms with Gasteiger partial charge in [0.1, 0.15) is 5.78 Å². The van der Waals surface area contributed by atoms with Gasteiger partial charge in [0.25, 0.3) is 0 Å². The fourth-order valence-electron chi connectivity index (χ4n) is 2.29. The highest BCUT2D eigenvalue weighted by atomic mass is 32.2. The Bertz CT molecular complexity index is 418. The van der Waals surface area contributed by atoms with Gasteiger partial charge in [-0.3, -0.25) is 4.79 Å². The summed E-state index contributed by atoms with van der Waals surface area (Å²) >= 11 is 0. The first-order valence-corrected chi connectivity index (χ1v) is 8.88. The van der Waals surface area contributed by atoms with Crippen LogP contribution in [0.1, 0.15) is 47.0 Å². The molecule has 112 valence electrons. The van der Waals surface area contributed by atoms with Crippen LogP contribution in [-0.4, -0.2) is 37.9 Å². The van der Waals surface area contributed by atoms with Crippen molar-refractivity contribution in [1.82, 2.24) is 4.31 Å². The molecule has 0 atom stereocenters. The molecule has 0 bridgehead atoms. The Morgan fingerprint density at radius 1 is 1.26 bits per heavy atom. The van der Waals surface area contributed by atoms with E-state index in [0.717, 1.165) is 12.8 Å². The molecule has 1 rings (SSSR count). The number of hydrogen-bond donors (Lipinski definition) is 0. The van der Waals surface area contributed by atoms with Crippen LogP contribution in [0.4, 0.5) is 0 Å². The van der Waals surface area contributed by atoms with Gasteiger partial charge in [-0.15, -0.1) is 0 Å². The van der Waals surface area contributed by atoms with Crippen molar-refractivity contribution in [2.24, 2.45) is 17.3 Å². The van der Waals surface area contributed by atoms with E-state index >= 15 is 0 Å². The van der Waals surface area contributed by atoms with Crippen LogP contribution in [0, 0.1) is 17.3 Å². The van der Waals surface area contributed by atoms with E-state index in [4.69, 9.17) is 0 Å². The third-order valence-electron chi connectivity index (χ3n) is 4.68. The average Bonchev–Trinajstić information content (AvgIpc) is 2.28. The van der Waals surface area contributed by atoms with Crippen LogP contribution in [0.5, 0.6) is 0 Å². The van der Waals surface area contributed by atoms with E-state index in [1.165, 1.54) is 10.6 Å². The molecule has 0 aromatic rings. The lowest BCUT2D eigenvalue weighted by Gasteiger charge is -2.33. The summed E-state index contributed by atoms with van der Waals surface area (Å²) in [5, 5.41) is 0. The van der Waals surface area contributed by atoms with Gasteiger partial charge in [-0.25, -0.2) is 12.7 Å². The molecule has 0 radical (unpaired) electrons. The van der Waals surface area contributed by atoms with Gasteiger partial charge in [-0.1, -0.05) is 27.7 Å². The second kappa shape index (κ2) is 5.92. The highest BCUT2D eigenvalue weighted by Gasteiger charge is 2.34. The van der Waals surface area contributed by atoms with Crippen LogP contribution in [0.15, 0.2) is 0 Å². The summed E-state index contributed by atoms with van der Waals surface area (Å²) in [6, 6.07) is 0.